The molecule has 0 amide bonds. The van der Waals surface area contributed by atoms with E-state index in [0.717, 1.165) is 21.8 Å². The summed E-state index contributed by atoms with van der Waals surface area (Å²) in [6.45, 7) is 4.03. The molecule has 7 heteroatoms. The van der Waals surface area contributed by atoms with E-state index in [9.17, 15) is 5.11 Å². The number of hydrogen-bond acceptors (Lipinski definition) is 6. The van der Waals surface area contributed by atoms with Crippen LogP contribution in [0, 0.1) is 0 Å². The van der Waals surface area contributed by atoms with Crippen LogP contribution in [0.5, 0.6) is 11.5 Å². The molecule has 0 atom stereocenters. The number of ether oxygens (including phenoxy) is 1. The first-order valence-corrected chi connectivity index (χ1v) is 8.66. The number of benzene rings is 1. The van der Waals surface area contributed by atoms with Crippen molar-refractivity contribution < 1.29 is 14.3 Å². The number of aromatic hydroxyl groups is 1. The van der Waals surface area contributed by atoms with Gasteiger partial charge in [0.2, 0.25) is 4.80 Å². The Morgan fingerprint density at radius 3 is 2.80 bits per heavy atom. The first kappa shape index (κ1) is 17.0. The molecule has 0 saturated carbocycles. The fraction of sp³-hybridized carbons (Fsp3) is 0.222. The summed E-state index contributed by atoms with van der Waals surface area (Å²) in [5.74, 6) is 1.21. The second-order valence-electron chi connectivity index (χ2n) is 5.59. The van der Waals surface area contributed by atoms with E-state index < -0.39 is 0 Å². The Kier molecular flexibility index (Phi) is 5.04. The molecule has 0 saturated heterocycles. The van der Waals surface area contributed by atoms with Gasteiger partial charge in [-0.15, -0.1) is 11.3 Å². The first-order valence-electron chi connectivity index (χ1n) is 7.78. The number of phenolic OH excluding ortho intramolecular Hbond substituents is 1. The predicted molar refractivity (Wildman–Crippen MR) is 98.4 cm³/mol. The summed E-state index contributed by atoms with van der Waals surface area (Å²) in [6, 6.07) is 8.98. The molecule has 2 heterocycles. The average Bonchev–Trinajstić information content (AvgIpc) is 3.22. The van der Waals surface area contributed by atoms with Crippen LogP contribution >= 0.6 is 11.3 Å². The summed E-state index contributed by atoms with van der Waals surface area (Å²) < 4.78 is 12.3. The van der Waals surface area contributed by atoms with E-state index in [0.29, 0.717) is 5.75 Å². The third kappa shape index (κ3) is 3.83. The predicted octanol–water partition coefficient (Wildman–Crippen LogP) is 3.72. The van der Waals surface area contributed by atoms with Crippen molar-refractivity contribution in [3.8, 4) is 23.0 Å². The van der Waals surface area contributed by atoms with E-state index in [1.165, 1.54) is 18.4 Å². The molecule has 6 nitrogen and oxygen atoms in total. The maximum atomic E-state index is 9.90. The maximum Gasteiger partial charge on any atom is 0.206 e. The molecule has 0 spiro atoms. The Bertz CT molecular complexity index is 937. The molecule has 2 aromatic heterocycles. The normalized spacial score (nSPS) is 12.4. The quantitative estimate of drug-likeness (QED) is 0.708. The highest BCUT2D eigenvalue weighted by molar-refractivity contribution is 7.07. The number of methoxy groups -OCH3 is 1. The number of nitrogens with zero attached hydrogens (tertiary/aromatic N) is 3. The van der Waals surface area contributed by atoms with Gasteiger partial charge in [-0.3, -0.25) is 4.99 Å². The van der Waals surface area contributed by atoms with Gasteiger partial charge in [0.25, 0.3) is 0 Å². The van der Waals surface area contributed by atoms with Crippen molar-refractivity contribution in [1.29, 1.82) is 0 Å². The Hall–Kier alpha value is -2.80. The van der Waals surface area contributed by atoms with Gasteiger partial charge in [-0.2, -0.15) is 5.10 Å². The van der Waals surface area contributed by atoms with Gasteiger partial charge in [-0.05, 0) is 49.7 Å². The molecule has 0 radical (unpaired) electrons. The highest BCUT2D eigenvalue weighted by Crippen LogP contribution is 2.25. The van der Waals surface area contributed by atoms with Crippen LogP contribution in [0.15, 0.2) is 56.5 Å². The van der Waals surface area contributed by atoms with Crippen molar-refractivity contribution in [1.82, 2.24) is 4.68 Å². The molecule has 3 aromatic rings. The van der Waals surface area contributed by atoms with Crippen molar-refractivity contribution in [3.05, 3.63) is 52.3 Å². The highest BCUT2D eigenvalue weighted by Gasteiger charge is 2.10. The van der Waals surface area contributed by atoms with Gasteiger partial charge < -0.3 is 14.3 Å². The molecule has 25 heavy (non-hydrogen) atoms. The van der Waals surface area contributed by atoms with E-state index in [-0.39, 0.29) is 11.8 Å². The molecular weight excluding hydrogens is 338 g/mol. The lowest BCUT2D eigenvalue weighted by Gasteiger charge is -2.04. The average molecular weight is 357 g/mol. The molecule has 0 fully saturated rings. The van der Waals surface area contributed by atoms with Crippen molar-refractivity contribution in [3.63, 3.8) is 0 Å². The lowest BCUT2D eigenvalue weighted by atomic mass is 10.2. The van der Waals surface area contributed by atoms with Crippen LogP contribution in [0.4, 0.5) is 0 Å². The zero-order valence-corrected chi connectivity index (χ0v) is 15.0. The summed E-state index contributed by atoms with van der Waals surface area (Å²) in [4.78, 5) is 5.38. The van der Waals surface area contributed by atoms with Crippen molar-refractivity contribution in [2.45, 2.75) is 19.9 Å². The van der Waals surface area contributed by atoms with Gasteiger partial charge in [0.1, 0.15) is 5.69 Å². The standard InChI is InChI=1S/C18H19N3O3S/c1-12(2)20-18-21(14(11-25-18)16-5-4-8-24-16)19-10-13-6-7-17(23-3)15(22)9-13/h4-12,22H,1-3H3. The second kappa shape index (κ2) is 7.40. The van der Waals surface area contributed by atoms with Crippen LogP contribution in [0.1, 0.15) is 19.4 Å². The van der Waals surface area contributed by atoms with Crippen LogP contribution in [0.3, 0.4) is 0 Å². The van der Waals surface area contributed by atoms with Crippen LogP contribution in [-0.2, 0) is 0 Å². The number of hydrogen-bond donors (Lipinski definition) is 1. The highest BCUT2D eigenvalue weighted by atomic mass is 32.1. The number of furan rings is 1. The minimum atomic E-state index is 0.0696. The Balaban J connectivity index is 2.03. The number of rotatable bonds is 5. The monoisotopic (exact) mass is 357 g/mol. The van der Waals surface area contributed by atoms with Crippen LogP contribution in [0.2, 0.25) is 0 Å². The molecule has 130 valence electrons. The molecule has 0 bridgehead atoms. The zero-order valence-electron chi connectivity index (χ0n) is 14.2. The van der Waals surface area contributed by atoms with Gasteiger partial charge >= 0.3 is 0 Å². The number of thiazole rings is 1. The van der Waals surface area contributed by atoms with Gasteiger partial charge in [0, 0.05) is 11.4 Å². The minimum Gasteiger partial charge on any atom is -0.504 e. The van der Waals surface area contributed by atoms with Crippen LogP contribution in [-0.4, -0.2) is 29.1 Å². The van der Waals surface area contributed by atoms with Gasteiger partial charge in [-0.25, -0.2) is 4.68 Å². The summed E-state index contributed by atoms with van der Waals surface area (Å²) in [5, 5.41) is 16.4. The van der Waals surface area contributed by atoms with Gasteiger partial charge in [-0.1, -0.05) is 0 Å². The smallest absolute Gasteiger partial charge is 0.206 e. The molecule has 0 aliphatic carbocycles. The summed E-state index contributed by atoms with van der Waals surface area (Å²) in [5.41, 5.74) is 1.57. The molecule has 0 aliphatic rings. The SMILES string of the molecule is COc1ccc(C=Nn2c(-c3ccco3)csc2=NC(C)C)cc1O. The lowest BCUT2D eigenvalue weighted by Crippen LogP contribution is -2.14. The maximum absolute atomic E-state index is 9.90. The molecule has 1 aromatic carbocycles. The van der Waals surface area contributed by atoms with Gasteiger partial charge in [0.05, 0.1) is 19.6 Å². The molecule has 3 rings (SSSR count). The Morgan fingerprint density at radius 2 is 2.16 bits per heavy atom. The first-order chi connectivity index (χ1) is 12.1. The second-order valence-corrected chi connectivity index (χ2v) is 6.43. The summed E-state index contributed by atoms with van der Waals surface area (Å²) >= 11 is 1.50. The summed E-state index contributed by atoms with van der Waals surface area (Å²) in [7, 11) is 1.51. The van der Waals surface area contributed by atoms with E-state index in [1.54, 1.807) is 29.3 Å². The number of phenols is 1. The van der Waals surface area contributed by atoms with Crippen LogP contribution < -0.4 is 9.54 Å². The summed E-state index contributed by atoms with van der Waals surface area (Å²) in [6.07, 6.45) is 3.29. The van der Waals surface area contributed by atoms with E-state index >= 15 is 0 Å². The zero-order chi connectivity index (χ0) is 17.8. The third-order valence-corrected chi connectivity index (χ3v) is 4.18. The Morgan fingerprint density at radius 1 is 1.32 bits per heavy atom. The van der Waals surface area contributed by atoms with E-state index in [1.807, 2.05) is 37.4 Å². The number of aromatic nitrogens is 1. The minimum absolute atomic E-state index is 0.0696. The molecular formula is C18H19N3O3S. The van der Waals surface area contributed by atoms with Crippen molar-refractivity contribution in [2.24, 2.45) is 10.1 Å². The Labute approximate surface area is 149 Å². The largest absolute Gasteiger partial charge is 0.504 e. The van der Waals surface area contributed by atoms with Crippen molar-refractivity contribution in [2.75, 3.05) is 7.11 Å². The van der Waals surface area contributed by atoms with E-state index in [2.05, 4.69) is 10.1 Å². The van der Waals surface area contributed by atoms with Crippen molar-refractivity contribution >= 4 is 17.6 Å². The molecule has 1 N–H and O–H groups in total. The fourth-order valence-corrected chi connectivity index (χ4v) is 3.18. The molecule has 0 unspecified atom stereocenters. The third-order valence-electron chi connectivity index (χ3n) is 3.35. The topological polar surface area (TPSA) is 72.2 Å². The lowest BCUT2D eigenvalue weighted by molar-refractivity contribution is 0.373. The van der Waals surface area contributed by atoms with Crippen LogP contribution in [0.25, 0.3) is 11.5 Å². The fourth-order valence-electron chi connectivity index (χ4n) is 2.23. The van der Waals surface area contributed by atoms with E-state index in [4.69, 9.17) is 9.15 Å². The van der Waals surface area contributed by atoms with Gasteiger partial charge in [0.15, 0.2) is 17.3 Å². The molecule has 0 aliphatic heterocycles.